The molecule has 0 saturated carbocycles. The first-order valence-electron chi connectivity index (χ1n) is 7.14. The Balaban J connectivity index is 1.74. The Hall–Kier alpha value is -2.54. The molecule has 0 atom stereocenters. The molecule has 0 bridgehead atoms. The molecule has 0 saturated heterocycles. The van der Waals surface area contributed by atoms with Gasteiger partial charge in [0.15, 0.2) is 5.69 Å². The number of ether oxygens (including phenoxy) is 1. The van der Waals surface area contributed by atoms with E-state index in [1.54, 1.807) is 23.7 Å². The average molecular weight is 390 g/mol. The normalized spacial score (nSPS) is 10.6. The van der Waals surface area contributed by atoms with Crippen molar-refractivity contribution < 1.29 is 13.9 Å². The fourth-order valence-electron chi connectivity index (χ4n) is 2.14. The summed E-state index contributed by atoms with van der Waals surface area (Å²) in [6, 6.07) is 13.2. The molecule has 0 aliphatic heterocycles. The second-order valence-electron chi connectivity index (χ2n) is 5.11. The maximum absolute atomic E-state index is 12.9. The van der Waals surface area contributed by atoms with E-state index in [4.69, 9.17) is 4.74 Å². The summed E-state index contributed by atoms with van der Waals surface area (Å²) in [7, 11) is 0. The lowest BCUT2D eigenvalue weighted by molar-refractivity contribution is 0.0464. The van der Waals surface area contributed by atoms with Crippen molar-refractivity contribution in [2.75, 3.05) is 0 Å². The lowest BCUT2D eigenvalue weighted by Gasteiger charge is -2.05. The molecule has 5 nitrogen and oxygen atoms in total. The summed E-state index contributed by atoms with van der Waals surface area (Å²) >= 11 is 3.37. The van der Waals surface area contributed by atoms with E-state index in [2.05, 4.69) is 26.2 Å². The van der Waals surface area contributed by atoms with Gasteiger partial charge >= 0.3 is 5.97 Å². The minimum absolute atomic E-state index is 0.0453. The number of benzene rings is 2. The molecule has 0 fully saturated rings. The maximum Gasteiger partial charge on any atom is 0.361 e. The third-order valence-corrected chi connectivity index (χ3v) is 3.97. The maximum atomic E-state index is 12.9. The Kier molecular flexibility index (Phi) is 4.71. The largest absolute Gasteiger partial charge is 0.456 e. The highest BCUT2D eigenvalue weighted by Crippen LogP contribution is 2.17. The highest BCUT2D eigenvalue weighted by molar-refractivity contribution is 9.10. The van der Waals surface area contributed by atoms with Crippen LogP contribution in [0.4, 0.5) is 4.39 Å². The Labute approximate surface area is 146 Å². The Morgan fingerprint density at radius 3 is 2.50 bits per heavy atom. The molecule has 2 aromatic carbocycles. The monoisotopic (exact) mass is 389 g/mol. The molecule has 122 valence electrons. The summed E-state index contributed by atoms with van der Waals surface area (Å²) in [5.74, 6) is -0.904. The molecule has 1 heterocycles. The molecule has 24 heavy (non-hydrogen) atoms. The molecule has 1 aromatic heterocycles. The predicted octanol–water partition coefficient (Wildman–Crippen LogP) is 3.83. The van der Waals surface area contributed by atoms with Gasteiger partial charge in [-0.25, -0.2) is 13.9 Å². The van der Waals surface area contributed by atoms with E-state index in [0.29, 0.717) is 11.3 Å². The van der Waals surface area contributed by atoms with Gasteiger partial charge in [0.25, 0.3) is 0 Å². The summed E-state index contributed by atoms with van der Waals surface area (Å²) < 4.78 is 20.6. The molecule has 7 heteroatoms. The van der Waals surface area contributed by atoms with E-state index in [1.807, 2.05) is 24.3 Å². The number of carbonyl (C=O) groups is 1. The molecular weight excluding hydrogens is 377 g/mol. The standard InChI is InChI=1S/C17H13BrFN3O2/c1-11-16(17(23)24-10-12-2-6-14(19)7-3-12)20-21-22(11)15-8-4-13(18)5-9-15/h2-9H,10H2,1H3. The molecule has 0 N–H and O–H groups in total. The summed E-state index contributed by atoms with van der Waals surface area (Å²) in [4.78, 5) is 12.2. The van der Waals surface area contributed by atoms with Crippen LogP contribution in [-0.4, -0.2) is 21.0 Å². The molecule has 0 aliphatic rings. The molecule has 3 aromatic rings. The van der Waals surface area contributed by atoms with Crippen LogP contribution in [0.25, 0.3) is 5.69 Å². The number of halogens is 2. The fraction of sp³-hybridized carbons (Fsp3) is 0.118. The first-order chi connectivity index (χ1) is 11.5. The van der Waals surface area contributed by atoms with Crippen LogP contribution in [0.3, 0.4) is 0 Å². The zero-order valence-electron chi connectivity index (χ0n) is 12.7. The second-order valence-corrected chi connectivity index (χ2v) is 6.03. The van der Waals surface area contributed by atoms with Gasteiger partial charge in [0.2, 0.25) is 0 Å². The van der Waals surface area contributed by atoms with E-state index in [-0.39, 0.29) is 18.1 Å². The highest BCUT2D eigenvalue weighted by Gasteiger charge is 2.18. The minimum Gasteiger partial charge on any atom is -0.456 e. The Morgan fingerprint density at radius 1 is 1.17 bits per heavy atom. The summed E-state index contributed by atoms with van der Waals surface area (Å²) in [5.41, 5.74) is 2.23. The van der Waals surface area contributed by atoms with Gasteiger partial charge in [-0.15, -0.1) is 5.10 Å². The average Bonchev–Trinajstić information content (AvgIpc) is 2.96. The van der Waals surface area contributed by atoms with E-state index < -0.39 is 5.97 Å². The van der Waals surface area contributed by atoms with Crippen molar-refractivity contribution in [3.63, 3.8) is 0 Å². The lowest BCUT2D eigenvalue weighted by Crippen LogP contribution is -2.08. The summed E-state index contributed by atoms with van der Waals surface area (Å²) in [5, 5.41) is 7.91. The van der Waals surface area contributed by atoms with Crippen LogP contribution in [-0.2, 0) is 11.3 Å². The molecule has 0 spiro atoms. The molecule has 0 aliphatic carbocycles. The van der Waals surface area contributed by atoms with Crippen LogP contribution in [0.1, 0.15) is 21.7 Å². The number of aromatic nitrogens is 3. The molecule has 0 unspecified atom stereocenters. The summed E-state index contributed by atoms with van der Waals surface area (Å²) in [6.45, 7) is 1.79. The SMILES string of the molecule is Cc1c(C(=O)OCc2ccc(F)cc2)nnn1-c1ccc(Br)cc1. The van der Waals surface area contributed by atoms with E-state index >= 15 is 0 Å². The molecular formula is C17H13BrFN3O2. The van der Waals surface area contributed by atoms with Crippen molar-refractivity contribution >= 4 is 21.9 Å². The number of nitrogens with zero attached hydrogens (tertiary/aromatic N) is 3. The highest BCUT2D eigenvalue weighted by atomic mass is 79.9. The van der Waals surface area contributed by atoms with E-state index in [0.717, 1.165) is 10.2 Å². The third-order valence-electron chi connectivity index (χ3n) is 3.44. The second kappa shape index (κ2) is 6.92. The van der Waals surface area contributed by atoms with Crippen LogP contribution in [0.2, 0.25) is 0 Å². The summed E-state index contributed by atoms with van der Waals surface area (Å²) in [6.07, 6.45) is 0. The quantitative estimate of drug-likeness (QED) is 0.636. The number of esters is 1. The van der Waals surface area contributed by atoms with Crippen LogP contribution >= 0.6 is 15.9 Å². The van der Waals surface area contributed by atoms with Crippen LogP contribution in [0, 0.1) is 12.7 Å². The van der Waals surface area contributed by atoms with Crippen molar-refractivity contribution in [1.82, 2.24) is 15.0 Å². The minimum atomic E-state index is -0.569. The van der Waals surface area contributed by atoms with Gasteiger partial charge < -0.3 is 4.74 Å². The van der Waals surface area contributed by atoms with Gasteiger partial charge in [-0.1, -0.05) is 33.3 Å². The number of rotatable bonds is 4. The van der Waals surface area contributed by atoms with Gasteiger partial charge in [0.05, 0.1) is 11.4 Å². The van der Waals surface area contributed by atoms with Crippen molar-refractivity contribution in [2.45, 2.75) is 13.5 Å². The Bertz CT molecular complexity index is 861. The number of hydrogen-bond donors (Lipinski definition) is 0. The smallest absolute Gasteiger partial charge is 0.361 e. The van der Waals surface area contributed by atoms with Crippen molar-refractivity contribution in [2.24, 2.45) is 0 Å². The van der Waals surface area contributed by atoms with Gasteiger partial charge in [0, 0.05) is 4.47 Å². The molecule has 0 radical (unpaired) electrons. The van der Waals surface area contributed by atoms with Gasteiger partial charge in [-0.3, -0.25) is 0 Å². The fourth-order valence-corrected chi connectivity index (χ4v) is 2.41. The van der Waals surface area contributed by atoms with Gasteiger partial charge in [-0.2, -0.15) is 0 Å². The van der Waals surface area contributed by atoms with Crippen LogP contribution < -0.4 is 0 Å². The number of hydrogen-bond acceptors (Lipinski definition) is 4. The van der Waals surface area contributed by atoms with Gasteiger partial charge in [-0.05, 0) is 48.9 Å². The van der Waals surface area contributed by atoms with Crippen LogP contribution in [0.15, 0.2) is 53.0 Å². The zero-order valence-corrected chi connectivity index (χ0v) is 14.3. The topological polar surface area (TPSA) is 57.0 Å². The predicted molar refractivity (Wildman–Crippen MR) is 89.3 cm³/mol. The van der Waals surface area contributed by atoms with Crippen molar-refractivity contribution in [3.05, 3.63) is 75.8 Å². The van der Waals surface area contributed by atoms with E-state index in [9.17, 15) is 9.18 Å². The zero-order chi connectivity index (χ0) is 17.1. The first-order valence-corrected chi connectivity index (χ1v) is 7.93. The first kappa shape index (κ1) is 16.3. The lowest BCUT2D eigenvalue weighted by atomic mass is 10.2. The van der Waals surface area contributed by atoms with Crippen molar-refractivity contribution in [3.8, 4) is 5.69 Å². The van der Waals surface area contributed by atoms with E-state index in [1.165, 1.54) is 12.1 Å². The molecule has 3 rings (SSSR count). The van der Waals surface area contributed by atoms with Crippen LogP contribution in [0.5, 0.6) is 0 Å². The van der Waals surface area contributed by atoms with Crippen molar-refractivity contribution in [1.29, 1.82) is 0 Å². The third kappa shape index (κ3) is 3.51. The number of carbonyl (C=O) groups excluding carboxylic acids is 1. The van der Waals surface area contributed by atoms with Gasteiger partial charge in [0.1, 0.15) is 12.4 Å². The molecule has 0 amide bonds. The Morgan fingerprint density at radius 2 is 1.83 bits per heavy atom.